The Morgan fingerprint density at radius 1 is 1.26 bits per heavy atom. The third-order valence-electron chi connectivity index (χ3n) is 3.39. The molecule has 0 saturated carbocycles. The Labute approximate surface area is 112 Å². The van der Waals surface area contributed by atoms with Crippen LogP contribution in [0.4, 0.5) is 5.82 Å². The van der Waals surface area contributed by atoms with Gasteiger partial charge in [0, 0.05) is 11.6 Å². The lowest BCUT2D eigenvalue weighted by atomic mass is 10.2. The van der Waals surface area contributed by atoms with E-state index in [0.717, 1.165) is 11.3 Å². The molecule has 0 aliphatic carbocycles. The van der Waals surface area contributed by atoms with E-state index in [9.17, 15) is 8.42 Å². The Morgan fingerprint density at radius 2 is 2.00 bits per heavy atom. The zero-order valence-corrected chi connectivity index (χ0v) is 11.2. The summed E-state index contributed by atoms with van der Waals surface area (Å²) in [5.41, 5.74) is 7.71. The molecule has 3 rings (SSSR count). The molecule has 1 aromatic heterocycles. The van der Waals surface area contributed by atoms with Gasteiger partial charge in [0.2, 0.25) is 0 Å². The monoisotopic (exact) mass is 277 g/mol. The Morgan fingerprint density at radius 3 is 2.63 bits per heavy atom. The van der Waals surface area contributed by atoms with Crippen LogP contribution in [0.5, 0.6) is 0 Å². The zero-order chi connectivity index (χ0) is 13.5. The lowest BCUT2D eigenvalue weighted by Crippen LogP contribution is -2.14. The van der Waals surface area contributed by atoms with Crippen LogP contribution in [0.3, 0.4) is 0 Å². The molecule has 1 saturated heterocycles. The molecule has 2 aromatic rings. The van der Waals surface area contributed by atoms with Gasteiger partial charge in [-0.05, 0) is 6.42 Å². The summed E-state index contributed by atoms with van der Waals surface area (Å²) in [6, 6.07) is 11.4. The molecule has 1 atom stereocenters. The minimum Gasteiger partial charge on any atom is -0.384 e. The molecule has 5 nitrogen and oxygen atoms in total. The number of hydrogen-bond acceptors (Lipinski definition) is 4. The van der Waals surface area contributed by atoms with Crippen molar-refractivity contribution in [3.05, 3.63) is 36.4 Å². The molecule has 0 radical (unpaired) electrons. The second-order valence-electron chi connectivity index (χ2n) is 4.82. The van der Waals surface area contributed by atoms with E-state index in [2.05, 4.69) is 5.10 Å². The highest BCUT2D eigenvalue weighted by atomic mass is 32.2. The third kappa shape index (κ3) is 2.35. The summed E-state index contributed by atoms with van der Waals surface area (Å²) in [7, 11) is -2.93. The van der Waals surface area contributed by atoms with Gasteiger partial charge in [-0.1, -0.05) is 30.3 Å². The van der Waals surface area contributed by atoms with E-state index in [4.69, 9.17) is 5.73 Å². The summed E-state index contributed by atoms with van der Waals surface area (Å²) < 4.78 is 24.7. The van der Waals surface area contributed by atoms with Crippen molar-refractivity contribution in [2.75, 3.05) is 17.2 Å². The van der Waals surface area contributed by atoms with Gasteiger partial charge in [0.1, 0.15) is 5.82 Å². The van der Waals surface area contributed by atoms with Gasteiger partial charge in [-0.25, -0.2) is 13.1 Å². The third-order valence-corrected chi connectivity index (χ3v) is 5.14. The number of rotatable bonds is 2. The van der Waals surface area contributed by atoms with Crippen molar-refractivity contribution < 1.29 is 8.42 Å². The number of benzene rings is 1. The van der Waals surface area contributed by atoms with Crippen molar-refractivity contribution in [1.82, 2.24) is 9.78 Å². The summed E-state index contributed by atoms with van der Waals surface area (Å²) in [5, 5.41) is 4.45. The van der Waals surface area contributed by atoms with E-state index in [1.54, 1.807) is 10.7 Å². The highest BCUT2D eigenvalue weighted by molar-refractivity contribution is 7.91. The average molecular weight is 277 g/mol. The minimum atomic E-state index is -2.93. The molecule has 0 spiro atoms. The van der Waals surface area contributed by atoms with Crippen molar-refractivity contribution in [3.8, 4) is 11.3 Å². The summed E-state index contributed by atoms with van der Waals surface area (Å²) in [6.07, 6.45) is 0.586. The number of anilines is 1. The second-order valence-corrected chi connectivity index (χ2v) is 7.05. The van der Waals surface area contributed by atoms with Gasteiger partial charge in [-0.15, -0.1) is 0 Å². The molecular formula is C13H15N3O2S. The first-order valence-electron chi connectivity index (χ1n) is 6.16. The molecule has 1 fully saturated rings. The Balaban J connectivity index is 1.95. The molecule has 2 heterocycles. The van der Waals surface area contributed by atoms with Crippen LogP contribution in [0.2, 0.25) is 0 Å². The smallest absolute Gasteiger partial charge is 0.152 e. The molecule has 1 aromatic carbocycles. The lowest BCUT2D eigenvalue weighted by Gasteiger charge is -2.09. The molecule has 0 bridgehead atoms. The predicted molar refractivity (Wildman–Crippen MR) is 74.4 cm³/mol. The van der Waals surface area contributed by atoms with Gasteiger partial charge in [-0.3, -0.25) is 0 Å². The van der Waals surface area contributed by atoms with E-state index < -0.39 is 9.84 Å². The summed E-state index contributed by atoms with van der Waals surface area (Å²) >= 11 is 0. The van der Waals surface area contributed by atoms with Crippen LogP contribution in [0.1, 0.15) is 12.5 Å². The number of nitrogen functional groups attached to an aromatic ring is 1. The van der Waals surface area contributed by atoms with Crippen LogP contribution in [0, 0.1) is 0 Å². The molecule has 6 heteroatoms. The van der Waals surface area contributed by atoms with Crippen LogP contribution in [0.25, 0.3) is 11.3 Å². The van der Waals surface area contributed by atoms with Crippen LogP contribution >= 0.6 is 0 Å². The van der Waals surface area contributed by atoms with Crippen LogP contribution in [0.15, 0.2) is 36.4 Å². The summed E-state index contributed by atoms with van der Waals surface area (Å²) in [6.45, 7) is 0. The summed E-state index contributed by atoms with van der Waals surface area (Å²) in [5.74, 6) is 0.867. The number of aromatic nitrogens is 2. The molecule has 19 heavy (non-hydrogen) atoms. The topological polar surface area (TPSA) is 78.0 Å². The average Bonchev–Trinajstić information content (AvgIpc) is 2.93. The molecule has 2 N–H and O–H groups in total. The first-order chi connectivity index (χ1) is 9.05. The van der Waals surface area contributed by atoms with Gasteiger partial charge < -0.3 is 5.73 Å². The maximum Gasteiger partial charge on any atom is 0.152 e. The fourth-order valence-corrected chi connectivity index (χ4v) is 4.11. The van der Waals surface area contributed by atoms with Gasteiger partial charge >= 0.3 is 0 Å². The maximum absolute atomic E-state index is 11.5. The Bertz CT molecular complexity index is 692. The standard InChI is InChI=1S/C13H15N3O2S/c14-13-8-12(10-4-2-1-3-5-10)15-16(13)11-6-7-19(17,18)9-11/h1-5,8,11H,6-7,9,14H2. The molecule has 0 amide bonds. The second kappa shape index (κ2) is 4.38. The quantitative estimate of drug-likeness (QED) is 0.902. The first-order valence-corrected chi connectivity index (χ1v) is 7.98. The molecular weight excluding hydrogens is 262 g/mol. The van der Waals surface area contributed by atoms with Crippen molar-refractivity contribution in [2.24, 2.45) is 0 Å². The Hall–Kier alpha value is -1.82. The number of sulfone groups is 1. The minimum absolute atomic E-state index is 0.132. The van der Waals surface area contributed by atoms with Gasteiger partial charge in [0.05, 0.1) is 23.2 Å². The Kier molecular flexibility index (Phi) is 2.82. The highest BCUT2D eigenvalue weighted by Gasteiger charge is 2.30. The van der Waals surface area contributed by atoms with Crippen LogP contribution in [-0.4, -0.2) is 29.7 Å². The molecule has 1 aliphatic heterocycles. The van der Waals surface area contributed by atoms with E-state index in [1.807, 2.05) is 30.3 Å². The largest absolute Gasteiger partial charge is 0.384 e. The normalized spacial score (nSPS) is 21.6. The van der Waals surface area contributed by atoms with Gasteiger partial charge in [-0.2, -0.15) is 5.10 Å². The SMILES string of the molecule is Nc1cc(-c2ccccc2)nn1C1CCS(=O)(=O)C1. The first kappa shape index (κ1) is 12.2. The van der Waals surface area contributed by atoms with Gasteiger partial charge in [0.25, 0.3) is 0 Å². The van der Waals surface area contributed by atoms with Crippen molar-refractivity contribution in [3.63, 3.8) is 0 Å². The fourth-order valence-electron chi connectivity index (χ4n) is 2.42. The number of nitrogens with two attached hydrogens (primary N) is 1. The highest BCUT2D eigenvalue weighted by Crippen LogP contribution is 2.28. The van der Waals surface area contributed by atoms with Crippen molar-refractivity contribution in [1.29, 1.82) is 0 Å². The van der Waals surface area contributed by atoms with Crippen molar-refractivity contribution in [2.45, 2.75) is 12.5 Å². The molecule has 100 valence electrons. The van der Waals surface area contributed by atoms with E-state index in [1.165, 1.54) is 0 Å². The predicted octanol–water partition coefficient (Wildman–Crippen LogP) is 1.49. The van der Waals surface area contributed by atoms with Crippen LogP contribution in [-0.2, 0) is 9.84 Å². The van der Waals surface area contributed by atoms with Crippen LogP contribution < -0.4 is 5.73 Å². The summed E-state index contributed by atoms with van der Waals surface area (Å²) in [4.78, 5) is 0. The number of hydrogen-bond donors (Lipinski definition) is 1. The van der Waals surface area contributed by atoms with E-state index in [0.29, 0.717) is 12.2 Å². The van der Waals surface area contributed by atoms with E-state index in [-0.39, 0.29) is 17.5 Å². The van der Waals surface area contributed by atoms with E-state index >= 15 is 0 Å². The maximum atomic E-state index is 11.5. The van der Waals surface area contributed by atoms with Gasteiger partial charge in [0.15, 0.2) is 9.84 Å². The lowest BCUT2D eigenvalue weighted by molar-refractivity contribution is 0.508. The molecule has 1 unspecified atom stereocenters. The fraction of sp³-hybridized carbons (Fsp3) is 0.308. The molecule has 1 aliphatic rings. The number of nitrogens with zero attached hydrogens (tertiary/aromatic N) is 2. The van der Waals surface area contributed by atoms with Crippen molar-refractivity contribution >= 4 is 15.7 Å². The zero-order valence-electron chi connectivity index (χ0n) is 10.4.